The summed E-state index contributed by atoms with van der Waals surface area (Å²) in [7, 11) is 0. The van der Waals surface area contributed by atoms with E-state index in [0.717, 1.165) is 23.3 Å². The van der Waals surface area contributed by atoms with Crippen LogP contribution in [-0.4, -0.2) is 56.4 Å². The van der Waals surface area contributed by atoms with Gasteiger partial charge in [-0.05, 0) is 65.8 Å². The van der Waals surface area contributed by atoms with E-state index >= 15 is 0 Å². The number of hydrogen-bond donors (Lipinski definition) is 2. The molecule has 1 saturated heterocycles. The Morgan fingerprint density at radius 2 is 2.00 bits per heavy atom. The van der Waals surface area contributed by atoms with E-state index in [9.17, 15) is 14.7 Å². The van der Waals surface area contributed by atoms with Gasteiger partial charge in [-0.2, -0.15) is 4.80 Å². The monoisotopic (exact) mass is 532 g/mol. The second-order valence-corrected chi connectivity index (χ2v) is 9.99. The highest BCUT2D eigenvalue weighted by Gasteiger charge is 2.34. The van der Waals surface area contributed by atoms with E-state index in [1.165, 1.54) is 33.2 Å². The van der Waals surface area contributed by atoms with Gasteiger partial charge in [-0.3, -0.25) is 14.5 Å². The minimum Gasteiger partial charge on any atom is -0.508 e. The Morgan fingerprint density at radius 3 is 2.71 bits per heavy atom. The van der Waals surface area contributed by atoms with E-state index in [1.807, 2.05) is 42.6 Å². The van der Waals surface area contributed by atoms with Crippen LogP contribution in [0, 0.1) is 6.92 Å². The lowest BCUT2D eigenvalue weighted by atomic mass is 10.0. The summed E-state index contributed by atoms with van der Waals surface area (Å²) in [6, 6.07) is 16.5. The molecule has 1 aliphatic heterocycles. The van der Waals surface area contributed by atoms with Gasteiger partial charge in [-0.25, -0.2) is 0 Å². The van der Waals surface area contributed by atoms with E-state index in [0.29, 0.717) is 30.2 Å². The summed E-state index contributed by atoms with van der Waals surface area (Å²) < 4.78 is 5.67. The maximum atomic E-state index is 14.0. The number of amides is 2. The SMILES string of the molecule is Cc1ccccc1N(C(=O)Cn1nnc(-c2cccs2)n1)[C@H](C(=O)NC[C@H]1CCCO1)c1ccc(O)cc1. The molecule has 2 amide bonds. The number of para-hydroxylation sites is 1. The summed E-state index contributed by atoms with van der Waals surface area (Å²) in [5, 5.41) is 27.3. The molecule has 1 aliphatic rings. The van der Waals surface area contributed by atoms with Gasteiger partial charge in [0.1, 0.15) is 18.3 Å². The Balaban J connectivity index is 1.49. The van der Waals surface area contributed by atoms with Crippen LogP contribution in [0.1, 0.15) is 30.0 Å². The van der Waals surface area contributed by atoms with Gasteiger partial charge in [-0.15, -0.1) is 21.5 Å². The number of ether oxygens (including phenoxy) is 1. The number of hydrogen-bond acceptors (Lipinski definition) is 8. The van der Waals surface area contributed by atoms with Gasteiger partial charge < -0.3 is 15.2 Å². The molecular formula is C27H28N6O4S. The summed E-state index contributed by atoms with van der Waals surface area (Å²) in [6.45, 7) is 2.68. The normalized spacial score (nSPS) is 15.8. The van der Waals surface area contributed by atoms with Crippen LogP contribution in [0.4, 0.5) is 5.69 Å². The molecule has 0 unspecified atom stereocenters. The van der Waals surface area contributed by atoms with Crippen LogP contribution >= 0.6 is 11.3 Å². The Morgan fingerprint density at radius 1 is 1.18 bits per heavy atom. The van der Waals surface area contributed by atoms with Gasteiger partial charge in [0.05, 0.1) is 11.0 Å². The summed E-state index contributed by atoms with van der Waals surface area (Å²) in [5.74, 6) is -0.248. The average molecular weight is 533 g/mol. The molecule has 0 radical (unpaired) electrons. The van der Waals surface area contributed by atoms with Gasteiger partial charge in [-0.1, -0.05) is 36.4 Å². The first-order valence-corrected chi connectivity index (χ1v) is 13.2. The molecule has 11 heteroatoms. The van der Waals surface area contributed by atoms with E-state index in [2.05, 4.69) is 20.7 Å². The van der Waals surface area contributed by atoms with Gasteiger partial charge >= 0.3 is 0 Å². The second kappa shape index (κ2) is 11.5. The molecule has 0 spiro atoms. The predicted molar refractivity (Wildman–Crippen MR) is 143 cm³/mol. The van der Waals surface area contributed by atoms with Crippen LogP contribution in [0.5, 0.6) is 5.75 Å². The maximum absolute atomic E-state index is 14.0. The highest BCUT2D eigenvalue weighted by molar-refractivity contribution is 7.13. The molecule has 5 rings (SSSR count). The third kappa shape index (κ3) is 5.74. The highest BCUT2D eigenvalue weighted by atomic mass is 32.1. The number of thiophene rings is 1. The largest absolute Gasteiger partial charge is 0.508 e. The lowest BCUT2D eigenvalue weighted by Crippen LogP contribution is -2.47. The molecular weight excluding hydrogens is 504 g/mol. The summed E-state index contributed by atoms with van der Waals surface area (Å²) in [4.78, 5) is 31.3. The first kappa shape index (κ1) is 25.6. The fraction of sp³-hybridized carbons (Fsp3) is 0.296. The maximum Gasteiger partial charge on any atom is 0.251 e. The number of phenolic OH excluding ortho intramolecular Hbond substituents is 1. The summed E-state index contributed by atoms with van der Waals surface area (Å²) >= 11 is 1.48. The Labute approximate surface area is 223 Å². The van der Waals surface area contributed by atoms with Crippen molar-refractivity contribution in [3.05, 3.63) is 77.2 Å². The van der Waals surface area contributed by atoms with Gasteiger partial charge in [0.25, 0.3) is 5.91 Å². The number of aromatic nitrogens is 4. The van der Waals surface area contributed by atoms with Crippen molar-refractivity contribution in [3.63, 3.8) is 0 Å². The molecule has 10 nitrogen and oxygen atoms in total. The smallest absolute Gasteiger partial charge is 0.251 e. The Hall–Kier alpha value is -4.09. The molecule has 4 aromatic rings. The van der Waals surface area contributed by atoms with Crippen LogP contribution < -0.4 is 10.2 Å². The van der Waals surface area contributed by atoms with Crippen molar-refractivity contribution >= 4 is 28.8 Å². The van der Waals surface area contributed by atoms with Crippen LogP contribution in [0.15, 0.2) is 66.0 Å². The van der Waals surface area contributed by atoms with Crippen molar-refractivity contribution in [1.82, 2.24) is 25.5 Å². The van der Waals surface area contributed by atoms with E-state index in [1.54, 1.807) is 18.2 Å². The molecule has 38 heavy (non-hydrogen) atoms. The van der Waals surface area contributed by atoms with Crippen LogP contribution in [0.2, 0.25) is 0 Å². The van der Waals surface area contributed by atoms with Crippen molar-refractivity contribution in [3.8, 4) is 16.5 Å². The Bertz CT molecular complexity index is 1380. The average Bonchev–Trinajstić information content (AvgIpc) is 3.70. The third-order valence-corrected chi connectivity index (χ3v) is 7.22. The molecule has 3 heterocycles. The zero-order valence-electron chi connectivity index (χ0n) is 20.9. The molecule has 0 saturated carbocycles. The number of benzene rings is 2. The molecule has 0 aliphatic carbocycles. The molecule has 2 N–H and O–H groups in total. The third-order valence-electron chi connectivity index (χ3n) is 6.36. The molecule has 2 aromatic heterocycles. The van der Waals surface area contributed by atoms with E-state index < -0.39 is 6.04 Å². The topological polar surface area (TPSA) is 122 Å². The van der Waals surface area contributed by atoms with Gasteiger partial charge in [0, 0.05) is 18.8 Å². The molecule has 0 bridgehead atoms. The van der Waals surface area contributed by atoms with E-state index in [-0.39, 0.29) is 30.2 Å². The zero-order chi connectivity index (χ0) is 26.5. The highest BCUT2D eigenvalue weighted by Crippen LogP contribution is 2.32. The number of nitrogens with one attached hydrogen (secondary N) is 1. The standard InChI is InChI=1S/C27H28N6O4S/c1-18-6-2-3-8-22(18)33(24(35)17-32-30-26(29-31-32)23-9-5-15-38-23)25(19-10-12-20(34)13-11-19)27(36)28-16-21-7-4-14-37-21/h2-3,5-6,8-13,15,21,25,34H,4,7,14,16-17H2,1H3,(H,28,36)/t21-,25+/m1/s1. The van der Waals surface area contributed by atoms with Gasteiger partial charge in [0.15, 0.2) is 0 Å². The van der Waals surface area contributed by atoms with Crippen LogP contribution in [0.3, 0.4) is 0 Å². The summed E-state index contributed by atoms with van der Waals surface area (Å²) in [5.41, 5.74) is 1.96. The molecule has 196 valence electrons. The number of aryl methyl sites for hydroxylation is 1. The van der Waals surface area contributed by atoms with E-state index in [4.69, 9.17) is 4.74 Å². The number of carbonyl (C=O) groups is 2. The summed E-state index contributed by atoms with van der Waals surface area (Å²) in [6.07, 6.45) is 1.76. The number of rotatable bonds is 9. The first-order chi connectivity index (χ1) is 18.5. The molecule has 2 aromatic carbocycles. The second-order valence-electron chi connectivity index (χ2n) is 9.05. The number of tetrazole rings is 1. The zero-order valence-corrected chi connectivity index (χ0v) is 21.7. The number of aromatic hydroxyl groups is 1. The van der Waals surface area contributed by atoms with Crippen molar-refractivity contribution < 1.29 is 19.4 Å². The van der Waals surface area contributed by atoms with Gasteiger partial charge in [0.2, 0.25) is 11.7 Å². The predicted octanol–water partition coefficient (Wildman–Crippen LogP) is 3.49. The molecule has 1 fully saturated rings. The van der Waals surface area contributed by atoms with Crippen LogP contribution in [-0.2, 0) is 20.9 Å². The van der Waals surface area contributed by atoms with Crippen molar-refractivity contribution in [1.29, 1.82) is 0 Å². The fourth-order valence-corrected chi connectivity index (χ4v) is 5.10. The lowest BCUT2D eigenvalue weighted by Gasteiger charge is -2.32. The fourth-order valence-electron chi connectivity index (χ4n) is 4.45. The minimum atomic E-state index is -1.01. The Kier molecular flexibility index (Phi) is 7.75. The first-order valence-electron chi connectivity index (χ1n) is 12.4. The van der Waals surface area contributed by atoms with Crippen molar-refractivity contribution in [2.24, 2.45) is 0 Å². The quantitative estimate of drug-likeness (QED) is 0.338. The number of nitrogens with zero attached hydrogens (tertiary/aromatic N) is 5. The number of phenols is 1. The van der Waals surface area contributed by atoms with Crippen LogP contribution in [0.25, 0.3) is 10.7 Å². The minimum absolute atomic E-state index is 0.0583. The van der Waals surface area contributed by atoms with Crippen molar-refractivity contribution in [2.45, 2.75) is 38.5 Å². The number of anilines is 1. The number of carbonyl (C=O) groups excluding carboxylic acids is 2. The lowest BCUT2D eigenvalue weighted by molar-refractivity contribution is -0.127. The molecule has 2 atom stereocenters. The van der Waals surface area contributed by atoms with Crippen molar-refractivity contribution in [2.75, 3.05) is 18.1 Å².